The van der Waals surface area contributed by atoms with E-state index in [4.69, 9.17) is 0 Å². The van der Waals surface area contributed by atoms with E-state index < -0.39 is 17.5 Å². The first-order valence-corrected chi connectivity index (χ1v) is 11.1. The molecule has 2 N–H and O–H groups in total. The number of fused-ring (bicyclic) bond motifs is 1. The van der Waals surface area contributed by atoms with E-state index in [0.29, 0.717) is 30.6 Å². The Morgan fingerprint density at radius 3 is 2.26 bits per heavy atom. The standard InChI is InChI=1S/C26H23N5O3/c32-23(27-20-10-12-22(13-11-20)30-29-21-8-2-1-3-9-21)17-31-24(33)26(28-25(31)34)15-14-18-6-4-5-7-19(18)16-26/h1-13H,14-17H2,(H,27,32)(H,28,34). The van der Waals surface area contributed by atoms with Crippen LogP contribution in [0, 0.1) is 0 Å². The summed E-state index contributed by atoms with van der Waals surface area (Å²) in [7, 11) is 0. The van der Waals surface area contributed by atoms with Crippen molar-refractivity contribution in [3.8, 4) is 0 Å². The van der Waals surface area contributed by atoms with Crippen molar-refractivity contribution in [1.29, 1.82) is 0 Å². The molecule has 4 amide bonds. The highest BCUT2D eigenvalue weighted by atomic mass is 16.2. The molecule has 34 heavy (non-hydrogen) atoms. The summed E-state index contributed by atoms with van der Waals surface area (Å²) in [4.78, 5) is 39.4. The monoisotopic (exact) mass is 453 g/mol. The first kappa shape index (κ1) is 21.5. The molecule has 1 saturated heterocycles. The quantitative estimate of drug-likeness (QED) is 0.438. The van der Waals surface area contributed by atoms with Crippen LogP contribution in [0.1, 0.15) is 17.5 Å². The number of hydrogen-bond acceptors (Lipinski definition) is 5. The summed E-state index contributed by atoms with van der Waals surface area (Å²) in [5, 5.41) is 13.9. The van der Waals surface area contributed by atoms with Crippen LogP contribution in [0.15, 0.2) is 89.1 Å². The number of benzene rings is 3. The lowest BCUT2D eigenvalue weighted by Crippen LogP contribution is -2.51. The first-order valence-electron chi connectivity index (χ1n) is 11.1. The molecule has 1 spiro atoms. The molecule has 3 aromatic carbocycles. The predicted molar refractivity (Wildman–Crippen MR) is 127 cm³/mol. The van der Waals surface area contributed by atoms with E-state index in [1.54, 1.807) is 24.3 Å². The summed E-state index contributed by atoms with van der Waals surface area (Å²) in [5.41, 5.74) is 3.19. The molecule has 1 aliphatic heterocycles. The zero-order valence-corrected chi connectivity index (χ0v) is 18.4. The molecule has 0 radical (unpaired) electrons. The molecule has 3 aromatic rings. The van der Waals surface area contributed by atoms with Crippen molar-refractivity contribution in [2.24, 2.45) is 10.2 Å². The number of imide groups is 1. The Bertz CT molecular complexity index is 1270. The van der Waals surface area contributed by atoms with Gasteiger partial charge in [0.2, 0.25) is 5.91 Å². The number of nitrogens with zero attached hydrogens (tertiary/aromatic N) is 3. The lowest BCUT2D eigenvalue weighted by atomic mass is 9.78. The molecule has 0 saturated carbocycles. The van der Waals surface area contributed by atoms with E-state index in [1.807, 2.05) is 54.6 Å². The van der Waals surface area contributed by atoms with Gasteiger partial charge < -0.3 is 10.6 Å². The number of carbonyl (C=O) groups is 3. The lowest BCUT2D eigenvalue weighted by Gasteiger charge is -2.32. The third-order valence-electron chi connectivity index (χ3n) is 6.17. The van der Waals surface area contributed by atoms with Crippen molar-refractivity contribution in [3.05, 3.63) is 90.0 Å². The Morgan fingerprint density at radius 1 is 0.882 bits per heavy atom. The summed E-state index contributed by atoms with van der Waals surface area (Å²) in [6, 6.07) is 23.6. The molecule has 0 aromatic heterocycles. The Labute approximate surface area is 196 Å². The Morgan fingerprint density at radius 2 is 1.53 bits per heavy atom. The SMILES string of the molecule is O=C(CN1C(=O)NC2(CCc3ccccc3C2)C1=O)Nc1ccc(N=Nc2ccccc2)cc1. The van der Waals surface area contributed by atoms with Crippen LogP contribution < -0.4 is 10.6 Å². The molecule has 1 fully saturated rings. The number of amides is 4. The third-order valence-corrected chi connectivity index (χ3v) is 6.17. The third kappa shape index (κ3) is 4.30. The number of nitrogens with one attached hydrogen (secondary N) is 2. The number of hydrogen-bond donors (Lipinski definition) is 2. The number of aryl methyl sites for hydroxylation is 1. The van der Waals surface area contributed by atoms with Gasteiger partial charge in [0.1, 0.15) is 12.1 Å². The molecule has 1 atom stereocenters. The van der Waals surface area contributed by atoms with Gasteiger partial charge in [0, 0.05) is 12.1 Å². The van der Waals surface area contributed by atoms with Gasteiger partial charge in [0.25, 0.3) is 5.91 Å². The van der Waals surface area contributed by atoms with Crippen LogP contribution in [-0.4, -0.2) is 34.8 Å². The van der Waals surface area contributed by atoms with Crippen LogP contribution in [0.5, 0.6) is 0 Å². The molecule has 8 heteroatoms. The van der Waals surface area contributed by atoms with Crippen molar-refractivity contribution in [2.45, 2.75) is 24.8 Å². The fourth-order valence-electron chi connectivity index (χ4n) is 4.41. The van der Waals surface area contributed by atoms with Crippen LogP contribution >= 0.6 is 0 Å². The molecule has 5 rings (SSSR count). The number of urea groups is 1. The van der Waals surface area contributed by atoms with Crippen molar-refractivity contribution in [1.82, 2.24) is 10.2 Å². The molecular weight excluding hydrogens is 430 g/mol. The fraction of sp³-hybridized carbons (Fsp3) is 0.192. The van der Waals surface area contributed by atoms with Crippen molar-refractivity contribution < 1.29 is 14.4 Å². The van der Waals surface area contributed by atoms with Crippen molar-refractivity contribution >= 4 is 34.9 Å². The van der Waals surface area contributed by atoms with Crippen molar-refractivity contribution in [3.63, 3.8) is 0 Å². The second-order valence-electron chi connectivity index (χ2n) is 8.48. The number of anilines is 1. The Kier molecular flexibility index (Phi) is 5.63. The highest BCUT2D eigenvalue weighted by Gasteiger charge is 2.52. The summed E-state index contributed by atoms with van der Waals surface area (Å²) >= 11 is 0. The van der Waals surface area contributed by atoms with Gasteiger partial charge in [-0.3, -0.25) is 14.5 Å². The van der Waals surface area contributed by atoms with Gasteiger partial charge in [0.15, 0.2) is 0 Å². The van der Waals surface area contributed by atoms with Gasteiger partial charge in [0.05, 0.1) is 11.4 Å². The smallest absolute Gasteiger partial charge is 0.325 e. The van der Waals surface area contributed by atoms with Gasteiger partial charge in [-0.15, -0.1) is 0 Å². The summed E-state index contributed by atoms with van der Waals surface area (Å²) in [6.45, 7) is -0.344. The van der Waals surface area contributed by atoms with E-state index in [-0.39, 0.29) is 12.5 Å². The second-order valence-corrected chi connectivity index (χ2v) is 8.48. The predicted octanol–water partition coefficient (Wildman–Crippen LogP) is 4.52. The van der Waals surface area contributed by atoms with Gasteiger partial charge in [-0.2, -0.15) is 10.2 Å². The Hall–Kier alpha value is -4.33. The second kappa shape index (κ2) is 8.90. The van der Waals surface area contributed by atoms with Crippen LogP contribution in [0.4, 0.5) is 21.9 Å². The van der Waals surface area contributed by atoms with E-state index in [1.165, 1.54) is 5.56 Å². The topological polar surface area (TPSA) is 103 Å². The molecule has 170 valence electrons. The zero-order chi connectivity index (χ0) is 23.5. The van der Waals surface area contributed by atoms with Crippen LogP contribution in [0.25, 0.3) is 0 Å². The zero-order valence-electron chi connectivity index (χ0n) is 18.4. The van der Waals surface area contributed by atoms with Crippen LogP contribution in [0.2, 0.25) is 0 Å². The maximum Gasteiger partial charge on any atom is 0.325 e. The van der Waals surface area contributed by atoms with Gasteiger partial charge >= 0.3 is 6.03 Å². The average Bonchev–Trinajstić information content (AvgIpc) is 3.08. The molecule has 8 nitrogen and oxygen atoms in total. The van der Waals surface area contributed by atoms with Gasteiger partial charge in [-0.25, -0.2) is 4.79 Å². The summed E-state index contributed by atoms with van der Waals surface area (Å²) < 4.78 is 0. The largest absolute Gasteiger partial charge is 0.325 e. The molecule has 1 aliphatic carbocycles. The van der Waals surface area contributed by atoms with Crippen molar-refractivity contribution in [2.75, 3.05) is 11.9 Å². The minimum absolute atomic E-state index is 0.344. The molecule has 1 unspecified atom stereocenters. The van der Waals surface area contributed by atoms with Crippen LogP contribution in [0.3, 0.4) is 0 Å². The maximum atomic E-state index is 13.2. The van der Waals surface area contributed by atoms with Gasteiger partial charge in [-0.05, 0) is 60.4 Å². The maximum absolute atomic E-state index is 13.2. The number of carbonyl (C=O) groups excluding carboxylic acids is 3. The highest BCUT2D eigenvalue weighted by Crippen LogP contribution is 2.33. The molecular formula is C26H23N5O3. The van der Waals surface area contributed by atoms with E-state index >= 15 is 0 Å². The molecule has 2 aliphatic rings. The number of azo groups is 1. The minimum atomic E-state index is -0.975. The van der Waals surface area contributed by atoms with E-state index in [0.717, 1.165) is 16.2 Å². The fourth-order valence-corrected chi connectivity index (χ4v) is 4.41. The average molecular weight is 454 g/mol. The first-order chi connectivity index (χ1) is 16.5. The Balaban J connectivity index is 1.21. The normalized spacial score (nSPS) is 19.4. The summed E-state index contributed by atoms with van der Waals surface area (Å²) in [5.74, 6) is -0.797. The van der Waals surface area contributed by atoms with E-state index in [2.05, 4.69) is 20.9 Å². The summed E-state index contributed by atoms with van der Waals surface area (Å²) in [6.07, 6.45) is 1.66. The number of rotatable bonds is 5. The van der Waals surface area contributed by atoms with Crippen LogP contribution in [-0.2, 0) is 22.4 Å². The van der Waals surface area contributed by atoms with E-state index in [9.17, 15) is 14.4 Å². The lowest BCUT2D eigenvalue weighted by molar-refractivity contribution is -0.134. The minimum Gasteiger partial charge on any atom is -0.325 e. The molecule has 0 bridgehead atoms. The highest BCUT2D eigenvalue weighted by molar-refractivity contribution is 6.10. The van der Waals surface area contributed by atoms with Gasteiger partial charge in [-0.1, -0.05) is 42.5 Å². The molecule has 1 heterocycles.